The molecule has 1 aliphatic rings. The molecule has 0 bridgehead atoms. The predicted octanol–water partition coefficient (Wildman–Crippen LogP) is 3.16. The molecule has 2 aromatic rings. The van der Waals surface area contributed by atoms with Crippen LogP contribution >= 0.6 is 0 Å². The van der Waals surface area contributed by atoms with Crippen LogP contribution in [0.5, 0.6) is 5.75 Å². The van der Waals surface area contributed by atoms with Gasteiger partial charge in [-0.1, -0.05) is 18.2 Å². The van der Waals surface area contributed by atoms with Crippen LogP contribution in [0.2, 0.25) is 0 Å². The zero-order valence-corrected chi connectivity index (χ0v) is 15.3. The molecule has 1 fully saturated rings. The fourth-order valence-corrected chi connectivity index (χ4v) is 3.17. The molecule has 1 unspecified atom stereocenters. The van der Waals surface area contributed by atoms with Crippen molar-refractivity contribution in [2.45, 2.75) is 25.7 Å². The molecule has 1 aliphatic heterocycles. The monoisotopic (exact) mass is 393 g/mol. The van der Waals surface area contributed by atoms with Gasteiger partial charge in [0.2, 0.25) is 5.91 Å². The van der Waals surface area contributed by atoms with E-state index < -0.39 is 12.8 Å². The van der Waals surface area contributed by atoms with E-state index in [9.17, 15) is 18.0 Å². The molecule has 1 N–H and O–H groups in total. The normalized spacial score (nSPS) is 17.5. The van der Waals surface area contributed by atoms with Gasteiger partial charge in [0.25, 0.3) is 0 Å². The van der Waals surface area contributed by atoms with Crippen LogP contribution in [0.4, 0.5) is 13.2 Å². The molecule has 2 heterocycles. The number of aromatic nitrogens is 1. The molecule has 0 aliphatic carbocycles. The van der Waals surface area contributed by atoms with Gasteiger partial charge >= 0.3 is 6.18 Å². The minimum absolute atomic E-state index is 0.00425. The van der Waals surface area contributed by atoms with Crippen LogP contribution in [0.3, 0.4) is 0 Å². The van der Waals surface area contributed by atoms with Crippen molar-refractivity contribution in [2.75, 3.05) is 19.7 Å². The van der Waals surface area contributed by atoms with Crippen molar-refractivity contribution in [3.8, 4) is 5.75 Å². The highest BCUT2D eigenvalue weighted by atomic mass is 19.4. The third-order valence-corrected chi connectivity index (χ3v) is 4.52. The summed E-state index contributed by atoms with van der Waals surface area (Å²) in [5.41, 5.74) is 1.66. The summed E-state index contributed by atoms with van der Waals surface area (Å²) in [4.78, 5) is 18.7. The van der Waals surface area contributed by atoms with Crippen molar-refractivity contribution in [1.29, 1.82) is 0 Å². The van der Waals surface area contributed by atoms with Gasteiger partial charge in [0.1, 0.15) is 5.75 Å². The molecular weight excluding hydrogens is 371 g/mol. The van der Waals surface area contributed by atoms with Crippen LogP contribution < -0.4 is 10.1 Å². The van der Waals surface area contributed by atoms with Crippen LogP contribution in [0.15, 0.2) is 48.7 Å². The number of nitrogens with one attached hydrogen (secondary N) is 1. The van der Waals surface area contributed by atoms with Crippen LogP contribution in [0, 0.1) is 5.92 Å². The van der Waals surface area contributed by atoms with Crippen molar-refractivity contribution >= 4 is 5.91 Å². The second-order valence-electron chi connectivity index (χ2n) is 6.81. The lowest BCUT2D eigenvalue weighted by molar-refractivity contribution is -0.153. The molecule has 8 heteroatoms. The SMILES string of the molecule is O=C(NCc1ccccn1)C1CCN(Cc2cccc(OCC(F)(F)F)c2)C1. The van der Waals surface area contributed by atoms with E-state index in [0.717, 1.165) is 24.2 Å². The number of nitrogens with zero attached hydrogens (tertiary/aromatic N) is 2. The first kappa shape index (κ1) is 20.1. The number of hydrogen-bond donors (Lipinski definition) is 1. The highest BCUT2D eigenvalue weighted by Gasteiger charge is 2.29. The molecule has 0 saturated carbocycles. The van der Waals surface area contributed by atoms with Gasteiger partial charge in [-0.15, -0.1) is 0 Å². The van der Waals surface area contributed by atoms with Gasteiger partial charge in [-0.25, -0.2) is 0 Å². The lowest BCUT2D eigenvalue weighted by Gasteiger charge is -2.17. The van der Waals surface area contributed by atoms with E-state index in [0.29, 0.717) is 19.6 Å². The van der Waals surface area contributed by atoms with Gasteiger partial charge in [-0.05, 0) is 42.8 Å². The topological polar surface area (TPSA) is 54.5 Å². The summed E-state index contributed by atoms with van der Waals surface area (Å²) in [6.07, 6.45) is -1.93. The Morgan fingerprint density at radius 1 is 1.25 bits per heavy atom. The number of carbonyl (C=O) groups is 1. The Bertz CT molecular complexity index is 784. The Morgan fingerprint density at radius 2 is 2.11 bits per heavy atom. The number of benzene rings is 1. The molecule has 1 amide bonds. The zero-order chi connectivity index (χ0) is 20.0. The predicted molar refractivity (Wildman–Crippen MR) is 97.5 cm³/mol. The fourth-order valence-electron chi connectivity index (χ4n) is 3.17. The van der Waals surface area contributed by atoms with Crippen molar-refractivity contribution < 1.29 is 22.7 Å². The first-order valence-electron chi connectivity index (χ1n) is 9.07. The van der Waals surface area contributed by atoms with Gasteiger partial charge in [-0.2, -0.15) is 13.2 Å². The van der Waals surface area contributed by atoms with Gasteiger partial charge in [-0.3, -0.25) is 14.7 Å². The van der Waals surface area contributed by atoms with Crippen molar-refractivity contribution in [2.24, 2.45) is 5.92 Å². The largest absolute Gasteiger partial charge is 0.484 e. The second kappa shape index (κ2) is 9.05. The Hall–Kier alpha value is -2.61. The first-order chi connectivity index (χ1) is 13.4. The minimum atomic E-state index is -4.36. The van der Waals surface area contributed by atoms with E-state index in [1.165, 1.54) is 6.07 Å². The van der Waals surface area contributed by atoms with E-state index in [1.807, 2.05) is 24.3 Å². The fraction of sp³-hybridized carbons (Fsp3) is 0.400. The Balaban J connectivity index is 1.47. The lowest BCUT2D eigenvalue weighted by Crippen LogP contribution is -2.32. The average Bonchev–Trinajstić information content (AvgIpc) is 3.14. The van der Waals surface area contributed by atoms with Crippen LogP contribution in [0.1, 0.15) is 17.7 Å². The number of hydrogen-bond acceptors (Lipinski definition) is 4. The first-order valence-corrected chi connectivity index (χ1v) is 9.07. The summed E-state index contributed by atoms with van der Waals surface area (Å²) < 4.78 is 41.6. The summed E-state index contributed by atoms with van der Waals surface area (Å²) in [6.45, 7) is 1.03. The molecule has 1 aromatic carbocycles. The molecule has 0 spiro atoms. The molecule has 1 atom stereocenters. The van der Waals surface area contributed by atoms with Crippen molar-refractivity contribution in [3.05, 3.63) is 59.9 Å². The van der Waals surface area contributed by atoms with Crippen molar-refractivity contribution in [1.82, 2.24) is 15.2 Å². The Morgan fingerprint density at radius 3 is 2.86 bits per heavy atom. The summed E-state index contributed by atoms with van der Waals surface area (Å²) in [7, 11) is 0. The van der Waals surface area contributed by atoms with E-state index in [2.05, 4.69) is 15.2 Å². The maximum Gasteiger partial charge on any atom is 0.422 e. The maximum absolute atomic E-state index is 12.4. The van der Waals surface area contributed by atoms with Gasteiger partial charge in [0.05, 0.1) is 18.2 Å². The van der Waals surface area contributed by atoms with E-state index in [4.69, 9.17) is 4.74 Å². The molecule has 1 saturated heterocycles. The summed E-state index contributed by atoms with van der Waals surface area (Å²) >= 11 is 0. The molecular formula is C20H22F3N3O2. The van der Waals surface area contributed by atoms with Crippen LogP contribution in [-0.2, 0) is 17.9 Å². The smallest absolute Gasteiger partial charge is 0.422 e. The Kier molecular flexibility index (Phi) is 6.51. The number of amides is 1. The lowest BCUT2D eigenvalue weighted by atomic mass is 10.1. The van der Waals surface area contributed by atoms with Crippen LogP contribution in [0.25, 0.3) is 0 Å². The zero-order valence-electron chi connectivity index (χ0n) is 15.3. The van der Waals surface area contributed by atoms with Crippen molar-refractivity contribution in [3.63, 3.8) is 0 Å². The number of pyridine rings is 1. The number of halogens is 3. The molecule has 0 radical (unpaired) electrons. The number of carbonyl (C=O) groups excluding carboxylic acids is 1. The number of likely N-dealkylation sites (tertiary alicyclic amines) is 1. The summed E-state index contributed by atoms with van der Waals surface area (Å²) in [6, 6.07) is 12.2. The third-order valence-electron chi connectivity index (χ3n) is 4.52. The van der Waals surface area contributed by atoms with E-state index in [-0.39, 0.29) is 17.6 Å². The van der Waals surface area contributed by atoms with Gasteiger partial charge < -0.3 is 10.1 Å². The van der Waals surface area contributed by atoms with E-state index in [1.54, 1.807) is 18.3 Å². The molecule has 1 aromatic heterocycles. The van der Waals surface area contributed by atoms with Crippen LogP contribution in [-0.4, -0.2) is 41.7 Å². The van der Waals surface area contributed by atoms with Gasteiger partial charge in [0.15, 0.2) is 6.61 Å². The third kappa shape index (κ3) is 6.23. The quantitative estimate of drug-likeness (QED) is 0.785. The number of alkyl halides is 3. The van der Waals surface area contributed by atoms with E-state index >= 15 is 0 Å². The minimum Gasteiger partial charge on any atom is -0.484 e. The number of ether oxygens (including phenoxy) is 1. The van der Waals surface area contributed by atoms with Gasteiger partial charge in [0, 0.05) is 19.3 Å². The molecule has 5 nitrogen and oxygen atoms in total. The average molecular weight is 393 g/mol. The molecule has 28 heavy (non-hydrogen) atoms. The summed E-state index contributed by atoms with van der Waals surface area (Å²) in [5, 5.41) is 2.91. The molecule has 150 valence electrons. The number of rotatable bonds is 7. The highest BCUT2D eigenvalue weighted by Crippen LogP contribution is 2.22. The Labute approximate surface area is 161 Å². The molecule has 3 rings (SSSR count). The summed E-state index contributed by atoms with van der Waals surface area (Å²) in [5.74, 6) is 0.0856. The second-order valence-corrected chi connectivity index (χ2v) is 6.81. The highest BCUT2D eigenvalue weighted by molar-refractivity contribution is 5.79. The maximum atomic E-state index is 12.4. The standard InChI is InChI=1S/C20H22F3N3O2/c21-20(22,23)14-28-18-6-3-4-15(10-18)12-26-9-7-16(13-26)19(27)25-11-17-5-1-2-8-24-17/h1-6,8,10,16H,7,9,11-14H2,(H,25,27).